The van der Waals surface area contributed by atoms with Crippen LogP contribution in [0.5, 0.6) is 0 Å². The van der Waals surface area contributed by atoms with Gasteiger partial charge in [-0.15, -0.1) is 0 Å². The molecule has 0 atom stereocenters. The van der Waals surface area contributed by atoms with Crippen LogP contribution in [0.2, 0.25) is 0 Å². The van der Waals surface area contributed by atoms with E-state index in [1.54, 1.807) is 0 Å². The fourth-order valence-corrected chi connectivity index (χ4v) is 0.532. The fourth-order valence-electron chi connectivity index (χ4n) is 0.286. The van der Waals surface area contributed by atoms with Crippen molar-refractivity contribution in [3.05, 3.63) is 6.26 Å². The summed E-state index contributed by atoms with van der Waals surface area (Å²) in [6.45, 7) is 0. The first-order valence-electron chi connectivity index (χ1n) is 2.50. The maximum atomic E-state index is 11.3. The fraction of sp³-hybridized carbons (Fsp3) is 0.500. The normalized spacial score (nSPS) is 10.4. The molecule has 0 saturated heterocycles. The summed E-state index contributed by atoms with van der Waals surface area (Å²) < 4.78 is 33.9. The van der Waals surface area contributed by atoms with Gasteiger partial charge in [0.25, 0.3) is 0 Å². The van der Waals surface area contributed by atoms with Gasteiger partial charge in [0.2, 0.25) is 0 Å². The van der Waals surface area contributed by atoms with Crippen LogP contribution in [0, 0.1) is 18.1 Å². The molecule has 0 spiro atoms. The molecule has 0 rings (SSSR count). The second kappa shape index (κ2) is 4.51. The largest absolute Gasteiger partial charge is 0.457 e. The molecule has 0 aliphatic heterocycles. The minimum absolute atomic E-state index is 0.244. The SMILES string of the molecule is [CH2]SCCC#CC(F)(F)F. The van der Waals surface area contributed by atoms with Gasteiger partial charge in [-0.3, -0.25) is 0 Å². The van der Waals surface area contributed by atoms with E-state index in [-0.39, 0.29) is 6.42 Å². The van der Waals surface area contributed by atoms with E-state index in [1.165, 1.54) is 17.7 Å². The number of alkyl halides is 3. The molecule has 0 aliphatic carbocycles. The van der Waals surface area contributed by atoms with Gasteiger partial charge in [0, 0.05) is 24.3 Å². The van der Waals surface area contributed by atoms with Crippen LogP contribution in [0.3, 0.4) is 0 Å². The molecule has 0 bridgehead atoms. The molecule has 0 saturated carbocycles. The van der Waals surface area contributed by atoms with Crippen LogP contribution in [0.15, 0.2) is 0 Å². The number of rotatable bonds is 2. The molecule has 57 valence electrons. The predicted molar refractivity (Wildman–Crippen MR) is 36.3 cm³/mol. The summed E-state index contributed by atoms with van der Waals surface area (Å²) >= 11 is 1.23. The van der Waals surface area contributed by atoms with E-state index in [0.29, 0.717) is 5.75 Å². The van der Waals surface area contributed by atoms with E-state index < -0.39 is 6.18 Å². The highest BCUT2D eigenvalue weighted by atomic mass is 32.2. The lowest BCUT2D eigenvalue weighted by Crippen LogP contribution is -2.01. The quantitative estimate of drug-likeness (QED) is 0.449. The van der Waals surface area contributed by atoms with Gasteiger partial charge in [-0.05, 0) is 0 Å². The highest BCUT2D eigenvalue weighted by molar-refractivity contribution is 8.00. The molecule has 0 heterocycles. The molecular weight excluding hydrogens is 161 g/mol. The molecule has 0 unspecified atom stereocenters. The van der Waals surface area contributed by atoms with Crippen LogP contribution in [0.1, 0.15) is 6.42 Å². The van der Waals surface area contributed by atoms with Gasteiger partial charge in [-0.25, -0.2) is 0 Å². The molecule has 4 heteroatoms. The van der Waals surface area contributed by atoms with Crippen LogP contribution in [-0.2, 0) is 0 Å². The lowest BCUT2D eigenvalue weighted by Gasteiger charge is -1.91. The Morgan fingerprint density at radius 1 is 1.40 bits per heavy atom. The minimum Gasteiger partial charge on any atom is -0.160 e. The van der Waals surface area contributed by atoms with E-state index in [1.807, 2.05) is 5.92 Å². The van der Waals surface area contributed by atoms with E-state index in [9.17, 15) is 13.2 Å². The van der Waals surface area contributed by atoms with Crippen molar-refractivity contribution in [2.24, 2.45) is 0 Å². The molecular formula is C6H6F3S. The van der Waals surface area contributed by atoms with Gasteiger partial charge in [-0.2, -0.15) is 24.9 Å². The van der Waals surface area contributed by atoms with Crippen molar-refractivity contribution in [1.29, 1.82) is 0 Å². The molecule has 0 N–H and O–H groups in total. The van der Waals surface area contributed by atoms with E-state index in [4.69, 9.17) is 0 Å². The molecule has 0 aromatic heterocycles. The summed E-state index contributed by atoms with van der Waals surface area (Å²) in [6.07, 6.45) is -0.710. The number of hydrogen-bond donors (Lipinski definition) is 0. The molecule has 0 aromatic carbocycles. The first-order chi connectivity index (χ1) is 4.56. The van der Waals surface area contributed by atoms with Crippen molar-refractivity contribution in [2.75, 3.05) is 5.75 Å². The third kappa shape index (κ3) is 7.70. The molecule has 0 aromatic rings. The third-order valence-corrected chi connectivity index (χ3v) is 1.09. The maximum Gasteiger partial charge on any atom is 0.457 e. The van der Waals surface area contributed by atoms with E-state index in [0.717, 1.165) is 0 Å². The predicted octanol–water partition coefficient (Wildman–Crippen LogP) is 2.47. The summed E-state index contributed by atoms with van der Waals surface area (Å²) in [5.74, 6) is 3.70. The monoisotopic (exact) mass is 167 g/mol. The second-order valence-electron chi connectivity index (χ2n) is 1.46. The number of halogens is 3. The molecule has 0 aliphatic rings. The van der Waals surface area contributed by atoms with Gasteiger partial charge >= 0.3 is 6.18 Å². The Morgan fingerprint density at radius 3 is 2.40 bits per heavy atom. The number of thioether (sulfide) groups is 1. The Bertz CT molecular complexity index is 139. The minimum atomic E-state index is -4.34. The summed E-state index contributed by atoms with van der Waals surface area (Å²) in [4.78, 5) is 0. The van der Waals surface area contributed by atoms with Crippen molar-refractivity contribution < 1.29 is 13.2 Å². The molecule has 0 fully saturated rings. The number of hydrogen-bond acceptors (Lipinski definition) is 1. The highest BCUT2D eigenvalue weighted by Crippen LogP contribution is 2.11. The third-order valence-electron chi connectivity index (χ3n) is 0.602. The van der Waals surface area contributed by atoms with Gasteiger partial charge in [0.05, 0.1) is 0 Å². The second-order valence-corrected chi connectivity index (χ2v) is 2.27. The van der Waals surface area contributed by atoms with Crippen LogP contribution in [0.4, 0.5) is 13.2 Å². The molecule has 0 amide bonds. The van der Waals surface area contributed by atoms with Crippen LogP contribution in [-0.4, -0.2) is 11.9 Å². The smallest absolute Gasteiger partial charge is 0.160 e. The Balaban J connectivity index is 3.50. The zero-order valence-corrected chi connectivity index (χ0v) is 5.98. The summed E-state index contributed by atoms with van der Waals surface area (Å²) in [6, 6.07) is 0. The average molecular weight is 167 g/mol. The Morgan fingerprint density at radius 2 is 2.00 bits per heavy atom. The van der Waals surface area contributed by atoms with Gasteiger partial charge < -0.3 is 0 Å². The molecule has 10 heavy (non-hydrogen) atoms. The van der Waals surface area contributed by atoms with Crippen LogP contribution < -0.4 is 0 Å². The Labute approximate surface area is 62.2 Å². The zero-order valence-electron chi connectivity index (χ0n) is 5.16. The van der Waals surface area contributed by atoms with Gasteiger partial charge in [0.15, 0.2) is 0 Å². The summed E-state index contributed by atoms with van der Waals surface area (Å²) in [7, 11) is 0. The van der Waals surface area contributed by atoms with Crippen molar-refractivity contribution in [2.45, 2.75) is 12.6 Å². The van der Waals surface area contributed by atoms with E-state index >= 15 is 0 Å². The Hall–Kier alpha value is -0.300. The van der Waals surface area contributed by atoms with E-state index in [2.05, 4.69) is 6.26 Å². The molecule has 1 radical (unpaired) electrons. The summed E-state index contributed by atoms with van der Waals surface area (Å²) in [5, 5.41) is 0. The topological polar surface area (TPSA) is 0 Å². The first-order valence-corrected chi connectivity index (χ1v) is 3.65. The maximum absolute atomic E-state index is 11.3. The highest BCUT2D eigenvalue weighted by Gasteiger charge is 2.22. The first kappa shape index (κ1) is 9.70. The van der Waals surface area contributed by atoms with Crippen molar-refractivity contribution in [1.82, 2.24) is 0 Å². The Kier molecular flexibility index (Phi) is 4.37. The average Bonchev–Trinajstić information content (AvgIpc) is 1.78. The van der Waals surface area contributed by atoms with Crippen molar-refractivity contribution in [3.8, 4) is 11.8 Å². The van der Waals surface area contributed by atoms with Gasteiger partial charge in [-0.1, -0.05) is 5.92 Å². The standard InChI is InChI=1S/C6H6F3S/c1-10-5-3-2-4-6(7,8)9/h1,3,5H2. The lowest BCUT2D eigenvalue weighted by atomic mass is 10.4. The van der Waals surface area contributed by atoms with Crippen LogP contribution in [0.25, 0.3) is 0 Å². The zero-order chi connectivity index (χ0) is 8.04. The van der Waals surface area contributed by atoms with Crippen LogP contribution >= 0.6 is 11.8 Å². The lowest BCUT2D eigenvalue weighted by molar-refractivity contribution is -0.0697. The van der Waals surface area contributed by atoms with Crippen molar-refractivity contribution >= 4 is 11.8 Å². The summed E-state index contributed by atoms with van der Waals surface area (Å²) in [5.41, 5.74) is 0. The molecule has 0 nitrogen and oxygen atoms in total. The van der Waals surface area contributed by atoms with Gasteiger partial charge in [0.1, 0.15) is 0 Å². The van der Waals surface area contributed by atoms with Crippen molar-refractivity contribution in [3.63, 3.8) is 0 Å².